The highest BCUT2D eigenvalue weighted by atomic mass is 127. The van der Waals surface area contributed by atoms with Crippen LogP contribution in [0.5, 0.6) is 0 Å². The number of fused-ring (bicyclic) bond motifs is 1. The van der Waals surface area contributed by atoms with Gasteiger partial charge in [-0.05, 0) is 68.3 Å². The number of benzene rings is 2. The number of halogens is 2. The Hall–Kier alpha value is -0.850. The molecule has 1 aromatic heterocycles. The number of hydrogen-bond acceptors (Lipinski definition) is 2. The Morgan fingerprint density at radius 2 is 1.90 bits per heavy atom. The third-order valence-electron chi connectivity index (χ3n) is 3.19. The number of aliphatic hydroxyl groups is 1. The van der Waals surface area contributed by atoms with Gasteiger partial charge in [0, 0.05) is 15.4 Å². The molecule has 0 aliphatic carbocycles. The molecule has 0 fully saturated rings. The highest BCUT2D eigenvalue weighted by Crippen LogP contribution is 2.30. The molecule has 0 saturated heterocycles. The van der Waals surface area contributed by atoms with Gasteiger partial charge in [0.15, 0.2) is 0 Å². The van der Waals surface area contributed by atoms with Crippen LogP contribution in [0.1, 0.15) is 17.4 Å². The van der Waals surface area contributed by atoms with Gasteiger partial charge >= 0.3 is 0 Å². The molecule has 0 bridgehead atoms. The number of furan rings is 1. The van der Waals surface area contributed by atoms with Crippen LogP contribution in [0.25, 0.3) is 11.0 Å². The molecule has 0 saturated carbocycles. The molecule has 0 amide bonds. The Balaban J connectivity index is 1.86. The second-order valence-corrected chi connectivity index (χ2v) is 6.75. The lowest BCUT2D eigenvalue weighted by atomic mass is 10.1. The highest BCUT2D eigenvalue weighted by molar-refractivity contribution is 14.1. The Morgan fingerprint density at radius 3 is 2.60 bits per heavy atom. The molecule has 3 aromatic rings. The average molecular weight is 443 g/mol. The fourth-order valence-corrected chi connectivity index (χ4v) is 2.98. The smallest absolute Gasteiger partial charge is 0.148 e. The van der Waals surface area contributed by atoms with Crippen molar-refractivity contribution in [2.75, 3.05) is 0 Å². The predicted octanol–water partition coefficient (Wildman–Crippen LogP) is 5.08. The Bertz CT molecular complexity index is 734. The minimum absolute atomic E-state index is 0.550. The van der Waals surface area contributed by atoms with Crippen LogP contribution in [0.15, 0.2) is 57.4 Å². The maximum absolute atomic E-state index is 10.3. The summed E-state index contributed by atoms with van der Waals surface area (Å²) in [5.41, 5.74) is 1.88. The van der Waals surface area contributed by atoms with Crippen molar-refractivity contribution < 1.29 is 9.52 Å². The Kier molecular flexibility index (Phi) is 4.14. The maximum atomic E-state index is 10.3. The summed E-state index contributed by atoms with van der Waals surface area (Å²) < 4.78 is 7.85. The van der Waals surface area contributed by atoms with E-state index in [2.05, 4.69) is 38.5 Å². The van der Waals surface area contributed by atoms with Crippen LogP contribution in [0.3, 0.4) is 0 Å². The second-order valence-electron chi connectivity index (χ2n) is 4.65. The fourth-order valence-electron chi connectivity index (χ4n) is 2.16. The zero-order valence-corrected chi connectivity index (χ0v) is 14.3. The molecule has 3 rings (SSSR count). The Morgan fingerprint density at radius 1 is 1.15 bits per heavy atom. The Labute approximate surface area is 139 Å². The van der Waals surface area contributed by atoms with Crippen LogP contribution in [-0.4, -0.2) is 5.11 Å². The first-order chi connectivity index (χ1) is 9.63. The van der Waals surface area contributed by atoms with Crippen LogP contribution >= 0.6 is 38.5 Å². The van der Waals surface area contributed by atoms with Crippen molar-refractivity contribution in [3.63, 3.8) is 0 Å². The molecule has 4 heteroatoms. The van der Waals surface area contributed by atoms with Crippen LogP contribution in [0.2, 0.25) is 0 Å². The summed E-state index contributed by atoms with van der Waals surface area (Å²) in [5.74, 6) is 0.602. The van der Waals surface area contributed by atoms with E-state index in [-0.39, 0.29) is 0 Å². The number of aliphatic hydroxyl groups excluding tert-OH is 1. The third-order valence-corrected chi connectivity index (χ3v) is 4.53. The van der Waals surface area contributed by atoms with Gasteiger partial charge in [-0.25, -0.2) is 0 Å². The summed E-state index contributed by atoms with van der Waals surface area (Å²) in [5, 5.41) is 11.3. The molecule has 1 unspecified atom stereocenters. The fraction of sp³-hybridized carbons (Fsp3) is 0.125. The molecular weight excluding hydrogens is 431 g/mol. The van der Waals surface area contributed by atoms with Crippen molar-refractivity contribution in [1.82, 2.24) is 0 Å². The van der Waals surface area contributed by atoms with E-state index in [0.717, 1.165) is 21.0 Å². The normalized spacial score (nSPS) is 12.8. The average Bonchev–Trinajstić information content (AvgIpc) is 2.87. The molecule has 1 atom stereocenters. The molecule has 1 N–H and O–H groups in total. The van der Waals surface area contributed by atoms with Gasteiger partial charge in [-0.15, -0.1) is 0 Å². The zero-order chi connectivity index (χ0) is 14.1. The van der Waals surface area contributed by atoms with E-state index in [4.69, 9.17) is 4.42 Å². The van der Waals surface area contributed by atoms with Crippen molar-refractivity contribution in [1.29, 1.82) is 0 Å². The summed E-state index contributed by atoms with van der Waals surface area (Å²) in [6, 6.07) is 15.9. The van der Waals surface area contributed by atoms with Crippen molar-refractivity contribution in [2.24, 2.45) is 0 Å². The number of para-hydroxylation sites is 1. The second kappa shape index (κ2) is 5.87. The van der Waals surface area contributed by atoms with Crippen molar-refractivity contribution in [2.45, 2.75) is 12.5 Å². The first kappa shape index (κ1) is 14.1. The van der Waals surface area contributed by atoms with Gasteiger partial charge in [-0.3, -0.25) is 0 Å². The minimum atomic E-state index is -0.630. The largest absolute Gasteiger partial charge is 0.457 e. The molecule has 2 aromatic carbocycles. The van der Waals surface area contributed by atoms with Gasteiger partial charge in [0.05, 0.1) is 4.47 Å². The van der Waals surface area contributed by atoms with E-state index in [9.17, 15) is 5.11 Å². The topological polar surface area (TPSA) is 33.4 Å². The van der Waals surface area contributed by atoms with Gasteiger partial charge < -0.3 is 9.52 Å². The summed E-state index contributed by atoms with van der Waals surface area (Å²) in [7, 11) is 0. The molecule has 0 aliphatic rings. The molecule has 0 spiro atoms. The monoisotopic (exact) mass is 442 g/mol. The van der Waals surface area contributed by atoms with E-state index in [1.54, 1.807) is 0 Å². The molecule has 0 aliphatic heterocycles. The summed E-state index contributed by atoms with van der Waals surface area (Å²) >= 11 is 5.73. The maximum Gasteiger partial charge on any atom is 0.148 e. The van der Waals surface area contributed by atoms with Crippen LogP contribution in [-0.2, 0) is 6.42 Å². The van der Waals surface area contributed by atoms with E-state index >= 15 is 0 Å². The van der Waals surface area contributed by atoms with Crippen LogP contribution in [0, 0.1) is 3.57 Å². The van der Waals surface area contributed by atoms with Crippen molar-refractivity contribution >= 4 is 49.5 Å². The lowest BCUT2D eigenvalue weighted by Crippen LogP contribution is -2.00. The minimum Gasteiger partial charge on any atom is -0.457 e. The van der Waals surface area contributed by atoms with Gasteiger partial charge in [-0.2, -0.15) is 0 Å². The van der Waals surface area contributed by atoms with Gasteiger partial charge in [-0.1, -0.05) is 24.3 Å². The van der Waals surface area contributed by atoms with Gasteiger partial charge in [0.25, 0.3) is 0 Å². The van der Waals surface area contributed by atoms with Crippen LogP contribution in [0.4, 0.5) is 0 Å². The molecule has 0 radical (unpaired) electrons. The number of rotatable bonds is 3. The lowest BCUT2D eigenvalue weighted by molar-refractivity contribution is 0.152. The van der Waals surface area contributed by atoms with E-state index < -0.39 is 6.10 Å². The van der Waals surface area contributed by atoms with Gasteiger partial charge in [0.2, 0.25) is 0 Å². The predicted molar refractivity (Wildman–Crippen MR) is 91.7 cm³/mol. The van der Waals surface area contributed by atoms with Crippen molar-refractivity contribution in [3.8, 4) is 0 Å². The third kappa shape index (κ3) is 2.92. The highest BCUT2D eigenvalue weighted by Gasteiger charge is 2.15. The SMILES string of the molecule is OC(Cc1ccc(I)cc1)c1cc2cccc(Br)c2o1. The zero-order valence-electron chi connectivity index (χ0n) is 10.5. The van der Waals surface area contributed by atoms with E-state index in [1.165, 1.54) is 3.57 Å². The summed E-state index contributed by atoms with van der Waals surface area (Å²) in [4.78, 5) is 0. The first-order valence-electron chi connectivity index (χ1n) is 6.24. The molecule has 1 heterocycles. The molecular formula is C16H12BrIO2. The number of hydrogen-bond donors (Lipinski definition) is 1. The lowest BCUT2D eigenvalue weighted by Gasteiger charge is -2.07. The molecule has 102 valence electrons. The van der Waals surface area contributed by atoms with E-state index in [1.807, 2.05) is 48.5 Å². The molecule has 2 nitrogen and oxygen atoms in total. The summed E-state index contributed by atoms with van der Waals surface area (Å²) in [6.45, 7) is 0. The van der Waals surface area contributed by atoms with Crippen LogP contribution < -0.4 is 0 Å². The van der Waals surface area contributed by atoms with Gasteiger partial charge in [0.1, 0.15) is 17.4 Å². The van der Waals surface area contributed by atoms with Crippen molar-refractivity contribution in [3.05, 3.63) is 67.9 Å². The summed E-state index contributed by atoms with van der Waals surface area (Å²) in [6.07, 6.45) is -0.0803. The quantitative estimate of drug-likeness (QED) is 0.574. The molecule has 20 heavy (non-hydrogen) atoms. The first-order valence-corrected chi connectivity index (χ1v) is 8.11. The standard InChI is InChI=1S/C16H12BrIO2/c17-13-3-1-2-11-9-15(20-16(11)13)14(19)8-10-4-6-12(18)7-5-10/h1-7,9,14,19H,8H2. The van der Waals surface area contributed by atoms with E-state index in [0.29, 0.717) is 12.2 Å².